The molecule has 2 heterocycles. The quantitative estimate of drug-likeness (QED) is 0.792. The van der Waals surface area contributed by atoms with E-state index in [1.807, 2.05) is 0 Å². The highest BCUT2D eigenvalue weighted by Gasteiger charge is 2.25. The second-order valence-corrected chi connectivity index (χ2v) is 7.26. The zero-order valence-corrected chi connectivity index (χ0v) is 12.6. The number of nitrogens with one attached hydrogen (secondary N) is 1. The summed E-state index contributed by atoms with van der Waals surface area (Å²) < 4.78 is 27.8. The van der Waals surface area contributed by atoms with Crippen LogP contribution >= 0.6 is 0 Å². The van der Waals surface area contributed by atoms with Crippen LogP contribution in [-0.2, 0) is 14.6 Å². The molecule has 8 heteroatoms. The largest absolute Gasteiger partial charge is 0.462 e. The van der Waals surface area contributed by atoms with Crippen LogP contribution in [0.2, 0.25) is 0 Å². The molecule has 0 bridgehead atoms. The number of aromatic nitrogens is 1. The number of hydrogen-bond donors (Lipinski definition) is 2. The number of nitrogen functional groups attached to an aromatic ring is 1. The molecule has 0 aromatic carbocycles. The highest BCUT2D eigenvalue weighted by molar-refractivity contribution is 7.91. The fraction of sp³-hybridized carbons (Fsp3) is 0.538. The van der Waals surface area contributed by atoms with Crippen LogP contribution < -0.4 is 11.1 Å². The van der Waals surface area contributed by atoms with Crippen LogP contribution in [0.4, 0.5) is 11.5 Å². The van der Waals surface area contributed by atoms with Crippen LogP contribution in [0.15, 0.2) is 12.3 Å². The van der Waals surface area contributed by atoms with Crippen LogP contribution in [0.1, 0.15) is 30.1 Å². The average Bonchev–Trinajstić information content (AvgIpc) is 2.43. The molecule has 0 amide bonds. The summed E-state index contributed by atoms with van der Waals surface area (Å²) in [7, 11) is -2.92. The fourth-order valence-corrected chi connectivity index (χ4v) is 3.68. The SMILES string of the molecule is CCOC(=O)c1cc(N)cnc1NC1CCS(=O)(=O)CC1. The lowest BCUT2D eigenvalue weighted by atomic mass is 10.1. The van der Waals surface area contributed by atoms with Gasteiger partial charge in [-0.25, -0.2) is 18.2 Å². The number of hydrogen-bond acceptors (Lipinski definition) is 7. The Labute approximate surface area is 123 Å². The maximum Gasteiger partial charge on any atom is 0.341 e. The molecular weight excluding hydrogens is 294 g/mol. The Morgan fingerprint density at radius 3 is 2.76 bits per heavy atom. The third-order valence-electron chi connectivity index (χ3n) is 3.30. The van der Waals surface area contributed by atoms with Gasteiger partial charge in [-0.05, 0) is 25.8 Å². The maximum atomic E-state index is 11.9. The molecule has 2 rings (SSSR count). The summed E-state index contributed by atoms with van der Waals surface area (Å²) in [5.74, 6) is 0.179. The van der Waals surface area contributed by atoms with E-state index in [2.05, 4.69) is 10.3 Å². The number of esters is 1. The number of pyridine rings is 1. The van der Waals surface area contributed by atoms with Crippen molar-refractivity contribution in [3.8, 4) is 0 Å². The molecule has 0 saturated carbocycles. The number of anilines is 2. The molecule has 0 atom stereocenters. The van der Waals surface area contributed by atoms with Gasteiger partial charge in [0.05, 0.1) is 30.0 Å². The molecule has 1 aliphatic heterocycles. The zero-order chi connectivity index (χ0) is 15.5. The molecule has 1 aromatic rings. The van der Waals surface area contributed by atoms with Crippen molar-refractivity contribution in [2.24, 2.45) is 0 Å². The minimum absolute atomic E-state index is 0.0298. The van der Waals surface area contributed by atoms with E-state index in [0.29, 0.717) is 24.3 Å². The fourth-order valence-electron chi connectivity index (χ4n) is 2.19. The molecule has 1 saturated heterocycles. The Hall–Kier alpha value is -1.83. The Balaban J connectivity index is 2.14. The van der Waals surface area contributed by atoms with Gasteiger partial charge in [0.15, 0.2) is 0 Å². The number of carbonyl (C=O) groups excluding carboxylic acids is 1. The van der Waals surface area contributed by atoms with Gasteiger partial charge in [-0.15, -0.1) is 0 Å². The number of nitrogens with two attached hydrogens (primary N) is 1. The van der Waals surface area contributed by atoms with Gasteiger partial charge >= 0.3 is 5.97 Å². The van der Waals surface area contributed by atoms with Gasteiger partial charge in [-0.3, -0.25) is 0 Å². The summed E-state index contributed by atoms with van der Waals surface area (Å²) in [5.41, 5.74) is 6.29. The van der Waals surface area contributed by atoms with Crippen LogP contribution in [-0.4, -0.2) is 43.5 Å². The van der Waals surface area contributed by atoms with Gasteiger partial charge in [0.25, 0.3) is 0 Å². The van der Waals surface area contributed by atoms with E-state index < -0.39 is 15.8 Å². The summed E-state index contributed by atoms with van der Waals surface area (Å²) in [5, 5.41) is 3.12. The first-order valence-electron chi connectivity index (χ1n) is 6.81. The smallest absolute Gasteiger partial charge is 0.341 e. The van der Waals surface area contributed by atoms with Gasteiger partial charge in [0.1, 0.15) is 21.2 Å². The Kier molecular flexibility index (Phi) is 4.66. The third-order valence-corrected chi connectivity index (χ3v) is 5.02. The molecule has 1 aliphatic rings. The van der Waals surface area contributed by atoms with E-state index in [1.54, 1.807) is 6.92 Å². The van der Waals surface area contributed by atoms with Crippen molar-refractivity contribution in [1.29, 1.82) is 0 Å². The molecule has 0 aliphatic carbocycles. The maximum absolute atomic E-state index is 11.9. The molecule has 116 valence electrons. The lowest BCUT2D eigenvalue weighted by molar-refractivity contribution is 0.0527. The molecule has 1 fully saturated rings. The van der Waals surface area contributed by atoms with Crippen molar-refractivity contribution >= 4 is 27.3 Å². The molecular formula is C13H19N3O4S. The molecule has 3 N–H and O–H groups in total. The van der Waals surface area contributed by atoms with Gasteiger partial charge in [0.2, 0.25) is 0 Å². The standard InChI is InChI=1S/C13H19N3O4S/c1-2-20-13(17)11-7-9(14)8-15-12(11)16-10-3-5-21(18,19)6-4-10/h7-8,10H,2-6,14H2,1H3,(H,15,16). The molecule has 0 spiro atoms. The number of carbonyl (C=O) groups is 1. The summed E-state index contributed by atoms with van der Waals surface area (Å²) >= 11 is 0. The third kappa shape index (κ3) is 4.07. The second kappa shape index (κ2) is 6.30. The van der Waals surface area contributed by atoms with Gasteiger partial charge < -0.3 is 15.8 Å². The van der Waals surface area contributed by atoms with E-state index in [0.717, 1.165) is 0 Å². The van der Waals surface area contributed by atoms with Crippen molar-refractivity contribution in [2.45, 2.75) is 25.8 Å². The van der Waals surface area contributed by atoms with Crippen molar-refractivity contribution in [1.82, 2.24) is 4.98 Å². The predicted molar refractivity (Wildman–Crippen MR) is 79.9 cm³/mol. The average molecular weight is 313 g/mol. The van der Waals surface area contributed by atoms with Crippen molar-refractivity contribution in [2.75, 3.05) is 29.2 Å². The highest BCUT2D eigenvalue weighted by Crippen LogP contribution is 2.21. The number of sulfone groups is 1. The number of nitrogens with zero attached hydrogens (tertiary/aromatic N) is 1. The molecule has 0 unspecified atom stereocenters. The monoisotopic (exact) mass is 313 g/mol. The topological polar surface area (TPSA) is 111 Å². The molecule has 7 nitrogen and oxygen atoms in total. The molecule has 1 aromatic heterocycles. The van der Waals surface area contributed by atoms with E-state index in [-0.39, 0.29) is 29.7 Å². The van der Waals surface area contributed by atoms with Crippen molar-refractivity contribution in [3.05, 3.63) is 17.8 Å². The minimum Gasteiger partial charge on any atom is -0.462 e. The summed E-state index contributed by atoms with van der Waals surface area (Å²) in [4.78, 5) is 16.0. The van der Waals surface area contributed by atoms with Crippen LogP contribution in [0, 0.1) is 0 Å². The lowest BCUT2D eigenvalue weighted by Crippen LogP contribution is -2.33. The Bertz CT molecular complexity index is 616. The Morgan fingerprint density at radius 2 is 2.14 bits per heavy atom. The van der Waals surface area contributed by atoms with Crippen LogP contribution in [0.3, 0.4) is 0 Å². The summed E-state index contributed by atoms with van der Waals surface area (Å²) in [6.45, 7) is 1.98. The van der Waals surface area contributed by atoms with Gasteiger partial charge in [-0.2, -0.15) is 0 Å². The van der Waals surface area contributed by atoms with Gasteiger partial charge in [0, 0.05) is 6.04 Å². The van der Waals surface area contributed by atoms with Crippen LogP contribution in [0.5, 0.6) is 0 Å². The van der Waals surface area contributed by atoms with E-state index >= 15 is 0 Å². The first-order chi connectivity index (χ1) is 9.91. The van der Waals surface area contributed by atoms with E-state index in [1.165, 1.54) is 12.3 Å². The van der Waals surface area contributed by atoms with E-state index in [4.69, 9.17) is 10.5 Å². The summed E-state index contributed by atoms with van der Waals surface area (Å²) in [6.07, 6.45) is 2.44. The first-order valence-corrected chi connectivity index (χ1v) is 8.63. The van der Waals surface area contributed by atoms with Crippen molar-refractivity contribution < 1.29 is 17.9 Å². The molecule has 0 radical (unpaired) electrons. The normalized spacial score (nSPS) is 18.1. The lowest BCUT2D eigenvalue weighted by Gasteiger charge is -2.24. The van der Waals surface area contributed by atoms with Gasteiger partial charge in [-0.1, -0.05) is 0 Å². The van der Waals surface area contributed by atoms with Crippen LogP contribution in [0.25, 0.3) is 0 Å². The number of rotatable bonds is 4. The van der Waals surface area contributed by atoms with Crippen molar-refractivity contribution in [3.63, 3.8) is 0 Å². The predicted octanol–water partition coefficient (Wildman–Crippen LogP) is 0.830. The van der Waals surface area contributed by atoms with E-state index in [9.17, 15) is 13.2 Å². The second-order valence-electron chi connectivity index (χ2n) is 4.96. The molecule has 21 heavy (non-hydrogen) atoms. The Morgan fingerprint density at radius 1 is 1.48 bits per heavy atom. The minimum atomic E-state index is -2.92. The first kappa shape index (κ1) is 15.6. The highest BCUT2D eigenvalue weighted by atomic mass is 32.2. The number of ether oxygens (including phenoxy) is 1. The summed E-state index contributed by atoms with van der Waals surface area (Å²) in [6, 6.07) is 1.48. The zero-order valence-electron chi connectivity index (χ0n) is 11.8.